The predicted molar refractivity (Wildman–Crippen MR) is 82.6 cm³/mol. The highest BCUT2D eigenvalue weighted by atomic mass is 16.2. The van der Waals surface area contributed by atoms with E-state index in [0.29, 0.717) is 0 Å². The first-order chi connectivity index (χ1) is 11.0. The lowest BCUT2D eigenvalue weighted by atomic mass is 9.79. The minimum atomic E-state index is -0.892. The molecule has 2 fully saturated rings. The first kappa shape index (κ1) is 14.0. The maximum absolute atomic E-state index is 12.6. The molecule has 23 heavy (non-hydrogen) atoms. The molecule has 2 heterocycles. The average molecular weight is 314 g/mol. The molecule has 120 valence electrons. The van der Waals surface area contributed by atoms with Crippen molar-refractivity contribution in [2.24, 2.45) is 5.73 Å². The van der Waals surface area contributed by atoms with Gasteiger partial charge in [0.25, 0.3) is 0 Å². The number of para-hydroxylation sites is 1. The Morgan fingerprint density at radius 1 is 1.30 bits per heavy atom. The Balaban J connectivity index is 1.70. The van der Waals surface area contributed by atoms with Crippen molar-refractivity contribution in [1.82, 2.24) is 10.2 Å². The smallest absolute Gasteiger partial charge is 0.318 e. The molecule has 2 aliphatic heterocycles. The molecule has 2 atom stereocenters. The van der Waals surface area contributed by atoms with Crippen molar-refractivity contribution in [3.8, 4) is 0 Å². The van der Waals surface area contributed by atoms with Crippen LogP contribution in [0, 0.1) is 0 Å². The number of anilines is 1. The van der Waals surface area contributed by atoms with Gasteiger partial charge in [0, 0.05) is 18.3 Å². The van der Waals surface area contributed by atoms with E-state index in [4.69, 9.17) is 5.73 Å². The van der Waals surface area contributed by atoms with Gasteiger partial charge in [0.1, 0.15) is 6.04 Å². The van der Waals surface area contributed by atoms with Gasteiger partial charge in [-0.3, -0.25) is 9.59 Å². The zero-order chi connectivity index (χ0) is 16.2. The van der Waals surface area contributed by atoms with Crippen LogP contribution in [0.15, 0.2) is 24.3 Å². The molecule has 1 aromatic carbocycles. The van der Waals surface area contributed by atoms with E-state index in [9.17, 15) is 14.4 Å². The molecular formula is C16H18N4O3. The SMILES string of the molecule is NC(=O)[C@@H]1C[C@@]2(CN1C(=O)NC1CC1)C(=O)Nc1ccccc12. The second-order valence-corrected chi connectivity index (χ2v) is 6.56. The summed E-state index contributed by atoms with van der Waals surface area (Å²) in [5.41, 5.74) is 6.18. The van der Waals surface area contributed by atoms with E-state index in [1.165, 1.54) is 4.90 Å². The molecule has 1 aromatic rings. The minimum absolute atomic E-state index is 0.169. The standard InChI is InChI=1S/C16H18N4O3/c17-13(21)12-7-16(8-20(12)15(23)18-9-5-6-9)10-3-1-2-4-11(10)19-14(16)22/h1-4,9,12H,5-8H2,(H2,17,21)(H,18,23)(H,19,22)/t12-,16-/m0/s1. The number of nitrogens with one attached hydrogen (secondary N) is 2. The van der Waals surface area contributed by atoms with Crippen LogP contribution in [-0.4, -0.2) is 41.4 Å². The van der Waals surface area contributed by atoms with E-state index in [1.807, 2.05) is 24.3 Å². The molecule has 0 bridgehead atoms. The normalized spacial score (nSPS) is 28.6. The predicted octanol–water partition coefficient (Wildman–Crippen LogP) is 0.308. The highest BCUT2D eigenvalue weighted by Gasteiger charge is 2.57. The monoisotopic (exact) mass is 314 g/mol. The van der Waals surface area contributed by atoms with Gasteiger partial charge < -0.3 is 21.3 Å². The summed E-state index contributed by atoms with van der Waals surface area (Å²) >= 11 is 0. The molecule has 4 amide bonds. The van der Waals surface area contributed by atoms with Crippen molar-refractivity contribution >= 4 is 23.5 Å². The fourth-order valence-corrected chi connectivity index (χ4v) is 3.59. The van der Waals surface area contributed by atoms with Crippen molar-refractivity contribution in [3.05, 3.63) is 29.8 Å². The molecule has 4 N–H and O–H groups in total. The molecule has 1 saturated carbocycles. The van der Waals surface area contributed by atoms with Crippen LogP contribution in [0.4, 0.5) is 10.5 Å². The molecule has 0 radical (unpaired) electrons. The van der Waals surface area contributed by atoms with Gasteiger partial charge in [0.2, 0.25) is 11.8 Å². The van der Waals surface area contributed by atoms with Crippen molar-refractivity contribution in [3.63, 3.8) is 0 Å². The topological polar surface area (TPSA) is 105 Å². The first-order valence-corrected chi connectivity index (χ1v) is 7.79. The third kappa shape index (κ3) is 2.07. The third-order valence-corrected chi connectivity index (χ3v) is 4.98. The van der Waals surface area contributed by atoms with Crippen LogP contribution >= 0.6 is 0 Å². The number of nitrogens with two attached hydrogens (primary N) is 1. The zero-order valence-corrected chi connectivity index (χ0v) is 12.5. The van der Waals surface area contributed by atoms with Crippen LogP contribution in [0.1, 0.15) is 24.8 Å². The summed E-state index contributed by atoms with van der Waals surface area (Å²) in [5, 5.41) is 5.73. The summed E-state index contributed by atoms with van der Waals surface area (Å²) in [7, 11) is 0. The highest BCUT2D eigenvalue weighted by molar-refractivity contribution is 6.08. The number of hydrogen-bond donors (Lipinski definition) is 3. The van der Waals surface area contributed by atoms with Gasteiger partial charge in [-0.25, -0.2) is 4.79 Å². The van der Waals surface area contributed by atoms with Crippen LogP contribution in [0.2, 0.25) is 0 Å². The summed E-state index contributed by atoms with van der Waals surface area (Å²) in [6, 6.07) is 6.48. The molecule has 1 spiro atoms. The Morgan fingerprint density at radius 3 is 2.74 bits per heavy atom. The average Bonchev–Trinajstić information content (AvgIpc) is 3.16. The number of rotatable bonds is 2. The molecule has 0 unspecified atom stereocenters. The van der Waals surface area contributed by atoms with Crippen LogP contribution in [0.25, 0.3) is 0 Å². The Bertz CT molecular complexity index is 715. The number of fused-ring (bicyclic) bond motifs is 2. The van der Waals surface area contributed by atoms with Crippen molar-refractivity contribution in [2.45, 2.75) is 36.8 Å². The Hall–Kier alpha value is -2.57. The molecule has 1 aliphatic carbocycles. The lowest BCUT2D eigenvalue weighted by Gasteiger charge is -2.23. The summed E-state index contributed by atoms with van der Waals surface area (Å²) in [6.07, 6.45) is 2.13. The number of primary amides is 1. The zero-order valence-electron chi connectivity index (χ0n) is 12.5. The van der Waals surface area contributed by atoms with E-state index in [0.717, 1.165) is 24.1 Å². The van der Waals surface area contributed by atoms with Crippen LogP contribution in [0.5, 0.6) is 0 Å². The van der Waals surface area contributed by atoms with Crippen LogP contribution < -0.4 is 16.4 Å². The lowest BCUT2D eigenvalue weighted by molar-refractivity contribution is -0.121. The van der Waals surface area contributed by atoms with E-state index < -0.39 is 17.4 Å². The summed E-state index contributed by atoms with van der Waals surface area (Å²) in [5.74, 6) is -0.753. The molecule has 1 saturated heterocycles. The quantitative estimate of drug-likeness (QED) is 0.731. The van der Waals surface area contributed by atoms with E-state index >= 15 is 0 Å². The largest absolute Gasteiger partial charge is 0.368 e. The fourth-order valence-electron chi connectivity index (χ4n) is 3.59. The second kappa shape index (κ2) is 4.71. The van der Waals surface area contributed by atoms with E-state index in [2.05, 4.69) is 10.6 Å². The maximum atomic E-state index is 12.6. The second-order valence-electron chi connectivity index (χ2n) is 6.56. The summed E-state index contributed by atoms with van der Waals surface area (Å²) < 4.78 is 0. The molecule has 4 rings (SSSR count). The van der Waals surface area contributed by atoms with Crippen molar-refractivity contribution < 1.29 is 14.4 Å². The van der Waals surface area contributed by atoms with Crippen molar-refractivity contribution in [1.29, 1.82) is 0 Å². The fraction of sp³-hybridized carbons (Fsp3) is 0.438. The number of nitrogens with zero attached hydrogens (tertiary/aromatic N) is 1. The number of likely N-dealkylation sites (tertiary alicyclic amines) is 1. The van der Waals surface area contributed by atoms with Crippen molar-refractivity contribution in [2.75, 3.05) is 11.9 Å². The number of carbonyl (C=O) groups excluding carboxylic acids is 3. The first-order valence-electron chi connectivity index (χ1n) is 7.79. The molecule has 0 aromatic heterocycles. The van der Waals surface area contributed by atoms with Gasteiger partial charge in [-0.1, -0.05) is 18.2 Å². The third-order valence-electron chi connectivity index (χ3n) is 4.98. The number of carbonyl (C=O) groups is 3. The van der Waals surface area contributed by atoms with Gasteiger partial charge in [-0.2, -0.15) is 0 Å². The van der Waals surface area contributed by atoms with Gasteiger partial charge >= 0.3 is 6.03 Å². The number of benzene rings is 1. The highest BCUT2D eigenvalue weighted by Crippen LogP contribution is 2.46. The maximum Gasteiger partial charge on any atom is 0.318 e. The Kier molecular flexibility index (Phi) is 2.88. The van der Waals surface area contributed by atoms with Gasteiger partial charge in [0.05, 0.1) is 5.41 Å². The van der Waals surface area contributed by atoms with Gasteiger partial charge in [0.15, 0.2) is 0 Å². The summed E-state index contributed by atoms with van der Waals surface area (Å²) in [4.78, 5) is 38.3. The van der Waals surface area contributed by atoms with Gasteiger partial charge in [-0.15, -0.1) is 0 Å². The number of hydrogen-bond acceptors (Lipinski definition) is 3. The molecule has 7 heteroatoms. The molecule has 7 nitrogen and oxygen atoms in total. The Morgan fingerprint density at radius 2 is 2.04 bits per heavy atom. The van der Waals surface area contributed by atoms with E-state index in [-0.39, 0.29) is 30.9 Å². The minimum Gasteiger partial charge on any atom is -0.368 e. The van der Waals surface area contributed by atoms with Gasteiger partial charge in [-0.05, 0) is 30.9 Å². The molecule has 3 aliphatic rings. The number of amides is 4. The lowest BCUT2D eigenvalue weighted by Crippen LogP contribution is -2.49. The van der Waals surface area contributed by atoms with Crippen LogP contribution in [0.3, 0.4) is 0 Å². The number of urea groups is 1. The Labute approximate surface area is 133 Å². The molecular weight excluding hydrogens is 296 g/mol. The van der Waals surface area contributed by atoms with Crippen LogP contribution in [-0.2, 0) is 15.0 Å². The van der Waals surface area contributed by atoms with E-state index in [1.54, 1.807) is 0 Å². The summed E-state index contributed by atoms with van der Waals surface area (Å²) in [6.45, 7) is 0.169.